The third-order valence-electron chi connectivity index (χ3n) is 4.77. The molecule has 0 heterocycles. The molecule has 2 aromatic carbocycles. The third kappa shape index (κ3) is 4.92. The van der Waals surface area contributed by atoms with Crippen molar-refractivity contribution in [1.29, 1.82) is 0 Å². The van der Waals surface area contributed by atoms with Crippen molar-refractivity contribution in [2.24, 2.45) is 0 Å². The van der Waals surface area contributed by atoms with E-state index in [1.807, 2.05) is 24.3 Å². The van der Waals surface area contributed by atoms with Gasteiger partial charge in [-0.3, -0.25) is 4.79 Å². The predicted molar refractivity (Wildman–Crippen MR) is 110 cm³/mol. The lowest BCUT2D eigenvalue weighted by Gasteiger charge is -2.15. The molecule has 1 aliphatic rings. The topological polar surface area (TPSA) is 66.8 Å². The van der Waals surface area contributed by atoms with Crippen LogP contribution in [0, 0.1) is 0 Å². The van der Waals surface area contributed by atoms with Gasteiger partial charge in [0.15, 0.2) is 0 Å². The number of hydrogen-bond acceptors (Lipinski definition) is 4. The van der Waals surface area contributed by atoms with Crippen molar-refractivity contribution < 1.29 is 19.7 Å². The molecule has 4 heteroatoms. The van der Waals surface area contributed by atoms with Gasteiger partial charge in [-0.1, -0.05) is 36.9 Å². The Bertz CT molecular complexity index is 884. The molecule has 1 saturated carbocycles. The minimum Gasteiger partial charge on any atom is -0.508 e. The van der Waals surface area contributed by atoms with Gasteiger partial charge in [-0.05, 0) is 76.9 Å². The molecular formula is C24H24O4. The van der Waals surface area contributed by atoms with Gasteiger partial charge in [0, 0.05) is 6.42 Å². The average molecular weight is 376 g/mol. The van der Waals surface area contributed by atoms with E-state index in [0.29, 0.717) is 19.3 Å². The number of benzene rings is 2. The predicted octanol–water partition coefficient (Wildman–Crippen LogP) is 5.13. The van der Waals surface area contributed by atoms with E-state index in [4.69, 9.17) is 4.74 Å². The van der Waals surface area contributed by atoms with Crippen molar-refractivity contribution in [2.75, 3.05) is 7.11 Å². The second kappa shape index (κ2) is 8.61. The van der Waals surface area contributed by atoms with Gasteiger partial charge in [0.2, 0.25) is 0 Å². The zero-order valence-electron chi connectivity index (χ0n) is 15.9. The first-order valence-electron chi connectivity index (χ1n) is 9.25. The number of carbonyl (C=O) groups is 1. The number of hydrogen-bond donors (Lipinski definition) is 2. The summed E-state index contributed by atoms with van der Waals surface area (Å²) in [5, 5.41) is 19.4. The molecule has 144 valence electrons. The van der Waals surface area contributed by atoms with E-state index in [-0.39, 0.29) is 17.5 Å². The SMILES string of the molecule is C=C1C/C1=C/C(CCCC(=O)OC)=C(c1ccc(O)cc1)c1ccc(O)cc1. The van der Waals surface area contributed by atoms with Gasteiger partial charge in [-0.25, -0.2) is 0 Å². The maximum absolute atomic E-state index is 11.5. The molecule has 2 N–H and O–H groups in total. The number of phenolic OH excluding ortho intramolecular Hbond substituents is 2. The first kappa shape index (κ1) is 19.5. The Labute approximate surface area is 165 Å². The van der Waals surface area contributed by atoms with Crippen molar-refractivity contribution in [3.05, 3.63) is 89.0 Å². The molecule has 3 rings (SSSR count). The molecule has 4 nitrogen and oxygen atoms in total. The smallest absolute Gasteiger partial charge is 0.305 e. The maximum Gasteiger partial charge on any atom is 0.305 e. The summed E-state index contributed by atoms with van der Waals surface area (Å²) >= 11 is 0. The van der Waals surface area contributed by atoms with Crippen LogP contribution in [-0.2, 0) is 9.53 Å². The quantitative estimate of drug-likeness (QED) is 0.658. The fourth-order valence-corrected chi connectivity index (χ4v) is 3.14. The summed E-state index contributed by atoms with van der Waals surface area (Å²) in [6, 6.07) is 14.1. The molecule has 1 aliphatic carbocycles. The minimum absolute atomic E-state index is 0.204. The molecule has 0 bridgehead atoms. The van der Waals surface area contributed by atoms with Crippen LogP contribution in [0.15, 0.2) is 77.9 Å². The van der Waals surface area contributed by atoms with Crippen LogP contribution in [0.3, 0.4) is 0 Å². The summed E-state index contributed by atoms with van der Waals surface area (Å²) in [6.07, 6.45) is 4.76. The highest BCUT2D eigenvalue weighted by Crippen LogP contribution is 2.39. The highest BCUT2D eigenvalue weighted by Gasteiger charge is 2.20. The summed E-state index contributed by atoms with van der Waals surface area (Å²) in [7, 11) is 1.40. The molecule has 1 fully saturated rings. The van der Waals surface area contributed by atoms with Crippen LogP contribution in [0.2, 0.25) is 0 Å². The molecule has 2 aromatic rings. The number of ether oxygens (including phenoxy) is 1. The third-order valence-corrected chi connectivity index (χ3v) is 4.77. The van der Waals surface area contributed by atoms with Crippen molar-refractivity contribution >= 4 is 11.5 Å². The summed E-state index contributed by atoms with van der Waals surface area (Å²) in [5.41, 5.74) is 6.36. The molecule has 28 heavy (non-hydrogen) atoms. The van der Waals surface area contributed by atoms with Crippen LogP contribution in [-0.4, -0.2) is 23.3 Å². The van der Waals surface area contributed by atoms with Gasteiger partial charge >= 0.3 is 5.97 Å². The molecule has 0 aromatic heterocycles. The molecular weight excluding hydrogens is 352 g/mol. The van der Waals surface area contributed by atoms with Gasteiger partial charge in [-0.15, -0.1) is 0 Å². The van der Waals surface area contributed by atoms with Crippen LogP contribution >= 0.6 is 0 Å². The lowest BCUT2D eigenvalue weighted by molar-refractivity contribution is -0.140. The second-order valence-electron chi connectivity index (χ2n) is 6.87. The Hall–Kier alpha value is -3.27. The molecule has 0 atom stereocenters. The fraction of sp³-hybridized carbons (Fsp3) is 0.208. The number of rotatable bonds is 7. The zero-order valence-corrected chi connectivity index (χ0v) is 15.9. The highest BCUT2D eigenvalue weighted by atomic mass is 16.5. The average Bonchev–Trinajstić information content (AvgIpc) is 3.39. The molecule has 0 unspecified atom stereocenters. The van der Waals surface area contributed by atoms with Crippen molar-refractivity contribution in [1.82, 2.24) is 0 Å². The number of carbonyl (C=O) groups excluding carboxylic acids is 1. The first-order valence-corrected chi connectivity index (χ1v) is 9.25. The Balaban J connectivity index is 2.07. The van der Waals surface area contributed by atoms with E-state index < -0.39 is 0 Å². The van der Waals surface area contributed by atoms with Gasteiger partial charge in [0.25, 0.3) is 0 Å². The molecule has 0 radical (unpaired) electrons. The standard InChI is InChI=1S/C24H24O4/c1-16-14-20(16)15-19(4-3-5-23(27)28-2)24(17-6-10-21(25)11-7-17)18-8-12-22(26)13-9-18/h6-13,15,25-26H,1,3-5,14H2,2H3/b20-15-. The van der Waals surface area contributed by atoms with Crippen LogP contribution in [0.25, 0.3) is 5.57 Å². The summed E-state index contributed by atoms with van der Waals surface area (Å²) in [5.74, 6) is 0.184. The Morgan fingerprint density at radius 2 is 1.50 bits per heavy atom. The van der Waals surface area contributed by atoms with Gasteiger partial charge in [0.05, 0.1) is 7.11 Å². The van der Waals surface area contributed by atoms with Crippen LogP contribution in [0.4, 0.5) is 0 Å². The number of esters is 1. The fourth-order valence-electron chi connectivity index (χ4n) is 3.14. The lowest BCUT2D eigenvalue weighted by Crippen LogP contribution is -2.00. The maximum atomic E-state index is 11.5. The van der Waals surface area contributed by atoms with Gasteiger partial charge in [-0.2, -0.15) is 0 Å². The van der Waals surface area contributed by atoms with E-state index in [2.05, 4.69) is 12.7 Å². The highest BCUT2D eigenvalue weighted by molar-refractivity contribution is 5.84. The molecule has 0 aliphatic heterocycles. The number of methoxy groups -OCH3 is 1. The van der Waals surface area contributed by atoms with Crippen molar-refractivity contribution in [3.8, 4) is 11.5 Å². The molecule has 0 amide bonds. The first-order chi connectivity index (χ1) is 13.5. The lowest BCUT2D eigenvalue weighted by atomic mass is 9.90. The number of aromatic hydroxyl groups is 2. The van der Waals surface area contributed by atoms with Gasteiger partial charge in [0.1, 0.15) is 11.5 Å². The summed E-state index contributed by atoms with van der Waals surface area (Å²) in [6.45, 7) is 4.02. The van der Waals surface area contributed by atoms with E-state index in [1.165, 1.54) is 12.7 Å². The zero-order chi connectivity index (χ0) is 20.1. The van der Waals surface area contributed by atoms with Crippen molar-refractivity contribution in [3.63, 3.8) is 0 Å². The molecule has 0 spiro atoms. The Morgan fingerprint density at radius 3 is 1.93 bits per heavy atom. The van der Waals surface area contributed by atoms with E-state index in [1.54, 1.807) is 24.3 Å². The Kier molecular flexibility index (Phi) is 5.99. The van der Waals surface area contributed by atoms with Crippen LogP contribution in [0.5, 0.6) is 11.5 Å². The van der Waals surface area contributed by atoms with E-state index in [0.717, 1.165) is 34.3 Å². The monoisotopic (exact) mass is 376 g/mol. The van der Waals surface area contributed by atoms with E-state index in [9.17, 15) is 15.0 Å². The second-order valence-corrected chi connectivity index (χ2v) is 6.87. The Morgan fingerprint density at radius 1 is 1.00 bits per heavy atom. The normalized spacial score (nSPS) is 14.0. The van der Waals surface area contributed by atoms with Crippen LogP contribution in [0.1, 0.15) is 36.8 Å². The molecule has 0 saturated heterocycles. The van der Waals surface area contributed by atoms with Crippen LogP contribution < -0.4 is 0 Å². The van der Waals surface area contributed by atoms with Gasteiger partial charge < -0.3 is 14.9 Å². The number of allylic oxidation sites excluding steroid dienone is 4. The van der Waals surface area contributed by atoms with E-state index >= 15 is 0 Å². The largest absolute Gasteiger partial charge is 0.508 e. The van der Waals surface area contributed by atoms with Crippen molar-refractivity contribution in [2.45, 2.75) is 25.7 Å². The summed E-state index contributed by atoms with van der Waals surface area (Å²) < 4.78 is 4.76. The minimum atomic E-state index is -0.223. The number of phenols is 2. The summed E-state index contributed by atoms with van der Waals surface area (Å²) in [4.78, 5) is 11.5.